The monoisotopic (exact) mass is 272 g/mol. The second-order valence-corrected chi connectivity index (χ2v) is 5.33. The number of rotatable bonds is 6. The Kier molecular flexibility index (Phi) is 3.69. The highest BCUT2D eigenvalue weighted by Crippen LogP contribution is 2.36. The van der Waals surface area contributed by atoms with Crippen molar-refractivity contribution < 1.29 is 4.74 Å². The maximum atomic E-state index is 5.33. The van der Waals surface area contributed by atoms with Gasteiger partial charge in [0.1, 0.15) is 5.82 Å². The molecule has 3 rings (SSSR count). The minimum Gasteiger partial charge on any atom is -0.383 e. The number of benzene rings is 1. The Balaban J connectivity index is 1.85. The second kappa shape index (κ2) is 5.63. The lowest BCUT2D eigenvalue weighted by Gasteiger charge is -2.20. The predicted molar refractivity (Wildman–Crippen MR) is 78.6 cm³/mol. The number of aromatic amines is 1. The van der Waals surface area contributed by atoms with Crippen molar-refractivity contribution in [1.29, 1.82) is 0 Å². The van der Waals surface area contributed by atoms with E-state index in [1.165, 1.54) is 12.8 Å². The fourth-order valence-electron chi connectivity index (χ4n) is 2.44. The zero-order valence-corrected chi connectivity index (χ0v) is 11.9. The van der Waals surface area contributed by atoms with Crippen LogP contribution in [0.15, 0.2) is 24.3 Å². The molecular weight excluding hydrogens is 252 g/mol. The quantitative estimate of drug-likeness (QED) is 0.848. The lowest BCUT2D eigenvalue weighted by Crippen LogP contribution is -2.27. The van der Waals surface area contributed by atoms with Gasteiger partial charge < -0.3 is 10.1 Å². The molecule has 0 radical (unpaired) electrons. The molecule has 1 heterocycles. The van der Waals surface area contributed by atoms with Gasteiger partial charge in [-0.05, 0) is 37.8 Å². The van der Waals surface area contributed by atoms with Gasteiger partial charge in [0.05, 0.1) is 12.6 Å². The van der Waals surface area contributed by atoms with Gasteiger partial charge in [0.15, 0.2) is 5.82 Å². The van der Waals surface area contributed by atoms with E-state index in [-0.39, 0.29) is 0 Å². The molecule has 0 spiro atoms. The van der Waals surface area contributed by atoms with E-state index in [0.29, 0.717) is 6.04 Å². The second-order valence-electron chi connectivity index (χ2n) is 5.33. The van der Waals surface area contributed by atoms with Crippen LogP contribution in [0, 0.1) is 12.8 Å². The zero-order chi connectivity index (χ0) is 13.9. The molecule has 1 aromatic heterocycles. The van der Waals surface area contributed by atoms with Crippen LogP contribution in [0.5, 0.6) is 0 Å². The summed E-state index contributed by atoms with van der Waals surface area (Å²) < 4.78 is 5.33. The minimum atomic E-state index is 0.362. The summed E-state index contributed by atoms with van der Waals surface area (Å²) in [4.78, 5) is 4.42. The molecule has 5 heteroatoms. The fraction of sp³-hybridized carbons (Fsp3) is 0.467. The molecule has 1 aromatic carbocycles. The molecule has 0 aliphatic heterocycles. The standard InChI is InChI=1S/C15H20N4O/c1-10-16-15(19-18-10)12-5-3-4-6-13(12)17-14(9-20-2)11-7-8-11/h3-6,11,14,17H,7-9H2,1-2H3,(H,16,18,19). The lowest BCUT2D eigenvalue weighted by molar-refractivity contribution is 0.179. The van der Waals surface area contributed by atoms with Crippen molar-refractivity contribution in [2.45, 2.75) is 25.8 Å². The highest BCUT2D eigenvalue weighted by Gasteiger charge is 2.31. The van der Waals surface area contributed by atoms with E-state index in [9.17, 15) is 0 Å². The Hall–Kier alpha value is -1.88. The van der Waals surface area contributed by atoms with Crippen molar-refractivity contribution in [2.75, 3.05) is 19.0 Å². The summed E-state index contributed by atoms with van der Waals surface area (Å²) >= 11 is 0. The Morgan fingerprint density at radius 2 is 2.20 bits per heavy atom. The Morgan fingerprint density at radius 3 is 2.85 bits per heavy atom. The number of H-pyrrole nitrogens is 1. The van der Waals surface area contributed by atoms with E-state index in [0.717, 1.165) is 35.4 Å². The summed E-state index contributed by atoms with van der Waals surface area (Å²) in [6.45, 7) is 2.64. The molecule has 2 aromatic rings. The normalized spacial score (nSPS) is 16.1. The highest BCUT2D eigenvalue weighted by atomic mass is 16.5. The Labute approximate surface area is 118 Å². The molecule has 0 amide bonds. The van der Waals surface area contributed by atoms with E-state index in [4.69, 9.17) is 4.74 Å². The zero-order valence-electron chi connectivity index (χ0n) is 11.9. The van der Waals surface area contributed by atoms with Crippen molar-refractivity contribution in [3.8, 4) is 11.4 Å². The molecule has 1 aliphatic carbocycles. The highest BCUT2D eigenvalue weighted by molar-refractivity contribution is 5.73. The number of hydrogen-bond donors (Lipinski definition) is 2. The third-order valence-corrected chi connectivity index (χ3v) is 3.64. The Bertz CT molecular complexity index is 577. The molecule has 1 fully saturated rings. The van der Waals surface area contributed by atoms with Crippen LogP contribution in [0.1, 0.15) is 18.7 Å². The van der Waals surface area contributed by atoms with Gasteiger partial charge in [0.25, 0.3) is 0 Å². The first-order chi connectivity index (χ1) is 9.78. The molecule has 0 saturated heterocycles. The summed E-state index contributed by atoms with van der Waals surface area (Å²) in [5.74, 6) is 2.28. The maximum absolute atomic E-state index is 5.33. The van der Waals surface area contributed by atoms with Gasteiger partial charge in [0.2, 0.25) is 0 Å². The summed E-state index contributed by atoms with van der Waals surface area (Å²) in [7, 11) is 1.75. The number of anilines is 1. The third kappa shape index (κ3) is 2.82. The van der Waals surface area contributed by atoms with Gasteiger partial charge in [-0.15, -0.1) is 0 Å². The number of hydrogen-bond acceptors (Lipinski definition) is 4. The summed E-state index contributed by atoms with van der Waals surface area (Å²) in [6.07, 6.45) is 2.56. The average Bonchev–Trinajstić information content (AvgIpc) is 3.21. The van der Waals surface area contributed by atoms with E-state index < -0.39 is 0 Å². The van der Waals surface area contributed by atoms with Crippen LogP contribution in [0.3, 0.4) is 0 Å². The van der Waals surface area contributed by atoms with E-state index in [1.807, 2.05) is 25.1 Å². The minimum absolute atomic E-state index is 0.362. The molecule has 20 heavy (non-hydrogen) atoms. The predicted octanol–water partition coefficient (Wildman–Crippen LogP) is 2.62. The van der Waals surface area contributed by atoms with Gasteiger partial charge in [0, 0.05) is 18.4 Å². The number of methoxy groups -OCH3 is 1. The van der Waals surface area contributed by atoms with E-state index in [1.54, 1.807) is 7.11 Å². The molecular formula is C15H20N4O. The number of aryl methyl sites for hydroxylation is 1. The van der Waals surface area contributed by atoms with Crippen molar-refractivity contribution in [2.24, 2.45) is 5.92 Å². The van der Waals surface area contributed by atoms with Gasteiger partial charge in [-0.3, -0.25) is 5.10 Å². The number of para-hydroxylation sites is 1. The van der Waals surface area contributed by atoms with Crippen LogP contribution in [-0.4, -0.2) is 34.9 Å². The van der Waals surface area contributed by atoms with Gasteiger partial charge >= 0.3 is 0 Å². The molecule has 1 unspecified atom stereocenters. The third-order valence-electron chi connectivity index (χ3n) is 3.64. The van der Waals surface area contributed by atoms with Crippen molar-refractivity contribution in [3.63, 3.8) is 0 Å². The number of nitrogens with one attached hydrogen (secondary N) is 2. The molecule has 1 atom stereocenters. The number of nitrogens with zero attached hydrogens (tertiary/aromatic N) is 2. The average molecular weight is 272 g/mol. The van der Waals surface area contributed by atoms with Crippen LogP contribution in [0.2, 0.25) is 0 Å². The van der Waals surface area contributed by atoms with Gasteiger partial charge in [-0.1, -0.05) is 12.1 Å². The van der Waals surface area contributed by atoms with Gasteiger partial charge in [-0.25, -0.2) is 4.98 Å². The van der Waals surface area contributed by atoms with Crippen LogP contribution in [-0.2, 0) is 4.74 Å². The first-order valence-electron chi connectivity index (χ1n) is 7.02. The number of ether oxygens (including phenoxy) is 1. The van der Waals surface area contributed by atoms with Crippen molar-refractivity contribution >= 4 is 5.69 Å². The molecule has 5 nitrogen and oxygen atoms in total. The summed E-state index contributed by atoms with van der Waals surface area (Å²) in [5, 5.41) is 10.7. The fourth-order valence-corrected chi connectivity index (χ4v) is 2.44. The van der Waals surface area contributed by atoms with Gasteiger partial charge in [-0.2, -0.15) is 5.10 Å². The van der Waals surface area contributed by atoms with Crippen LogP contribution in [0.25, 0.3) is 11.4 Å². The van der Waals surface area contributed by atoms with Crippen LogP contribution in [0.4, 0.5) is 5.69 Å². The van der Waals surface area contributed by atoms with Crippen LogP contribution >= 0.6 is 0 Å². The SMILES string of the molecule is COCC(Nc1ccccc1-c1n[nH]c(C)n1)C1CC1. The van der Waals surface area contributed by atoms with Crippen molar-refractivity contribution in [1.82, 2.24) is 15.2 Å². The largest absolute Gasteiger partial charge is 0.383 e. The smallest absolute Gasteiger partial charge is 0.183 e. The van der Waals surface area contributed by atoms with Crippen molar-refractivity contribution in [3.05, 3.63) is 30.1 Å². The topological polar surface area (TPSA) is 62.8 Å². The molecule has 2 N–H and O–H groups in total. The molecule has 0 bridgehead atoms. The molecule has 106 valence electrons. The maximum Gasteiger partial charge on any atom is 0.183 e. The van der Waals surface area contributed by atoms with E-state index in [2.05, 4.69) is 26.6 Å². The first-order valence-corrected chi connectivity index (χ1v) is 7.02. The van der Waals surface area contributed by atoms with Crippen LogP contribution < -0.4 is 5.32 Å². The summed E-state index contributed by atoms with van der Waals surface area (Å²) in [6, 6.07) is 8.52. The molecule has 1 aliphatic rings. The first kappa shape index (κ1) is 13.1. The molecule has 1 saturated carbocycles. The summed E-state index contributed by atoms with van der Waals surface area (Å²) in [5.41, 5.74) is 2.10. The number of aromatic nitrogens is 3. The lowest BCUT2D eigenvalue weighted by atomic mass is 10.1. The Morgan fingerprint density at radius 1 is 1.40 bits per heavy atom. The van der Waals surface area contributed by atoms with E-state index >= 15 is 0 Å².